The van der Waals surface area contributed by atoms with Crippen molar-refractivity contribution in [1.29, 1.82) is 0 Å². The van der Waals surface area contributed by atoms with Crippen LogP contribution in [0.25, 0.3) is 0 Å². The van der Waals surface area contributed by atoms with Crippen molar-refractivity contribution in [3.05, 3.63) is 32.6 Å². The second-order valence-electron chi connectivity index (χ2n) is 10.1. The first-order valence-corrected chi connectivity index (χ1v) is 17.9. The third-order valence-electron chi connectivity index (χ3n) is 6.62. The van der Waals surface area contributed by atoms with E-state index in [4.69, 9.17) is 30.0 Å². The van der Waals surface area contributed by atoms with Gasteiger partial charge in [-0.1, -0.05) is 39.1 Å². The molecule has 12 heteroatoms. The Bertz CT molecular complexity index is 993. The van der Waals surface area contributed by atoms with Gasteiger partial charge in [-0.25, -0.2) is 4.79 Å². The van der Waals surface area contributed by atoms with E-state index < -0.39 is 31.9 Å². The van der Waals surface area contributed by atoms with Crippen LogP contribution < -0.4 is 11.2 Å². The number of nitrogens with one attached hydrogen (secondary N) is 1. The molecule has 0 spiro atoms. The van der Waals surface area contributed by atoms with E-state index in [-0.39, 0.29) is 41.2 Å². The molecule has 1 N–H and O–H groups in total. The average molecular weight is 523 g/mol. The topological polar surface area (TPSA) is 91.8 Å². The van der Waals surface area contributed by atoms with Gasteiger partial charge in [-0.3, -0.25) is 14.3 Å². The lowest BCUT2D eigenvalue weighted by atomic mass is 10.1. The van der Waals surface area contributed by atoms with E-state index in [0.29, 0.717) is 5.56 Å². The normalized spacial score (nSPS) is 33.7. The Morgan fingerprint density at radius 3 is 2.56 bits per heavy atom. The molecule has 0 amide bonds. The van der Waals surface area contributed by atoms with Crippen molar-refractivity contribution in [2.45, 2.75) is 89.3 Å². The van der Waals surface area contributed by atoms with Crippen molar-refractivity contribution in [3.8, 4) is 0 Å². The van der Waals surface area contributed by atoms with Crippen LogP contribution in [0.4, 0.5) is 0 Å². The van der Waals surface area contributed by atoms with E-state index in [2.05, 4.69) is 45.8 Å². The maximum absolute atomic E-state index is 12.6. The van der Waals surface area contributed by atoms with Gasteiger partial charge in [0.15, 0.2) is 8.32 Å². The van der Waals surface area contributed by atoms with Crippen molar-refractivity contribution in [2.75, 3.05) is 13.2 Å². The van der Waals surface area contributed by atoms with Crippen LogP contribution in [0, 0.1) is 6.92 Å². The van der Waals surface area contributed by atoms with Crippen molar-refractivity contribution >= 4 is 37.2 Å². The summed E-state index contributed by atoms with van der Waals surface area (Å²) < 4.78 is 26.5. The van der Waals surface area contributed by atoms with Gasteiger partial charge in [0.1, 0.15) is 6.10 Å². The molecular formula is C20H35N2O6PS2Si. The molecule has 1 aromatic rings. The fourth-order valence-electron chi connectivity index (χ4n) is 3.37. The fraction of sp³-hybridized carbons (Fsp3) is 0.800. The molecule has 2 saturated heterocycles. The maximum Gasteiger partial charge on any atom is 0.328 e. The van der Waals surface area contributed by atoms with Crippen molar-refractivity contribution in [3.63, 3.8) is 0 Å². The van der Waals surface area contributed by atoms with Crippen LogP contribution in [0.1, 0.15) is 46.2 Å². The molecule has 2 aliphatic rings. The van der Waals surface area contributed by atoms with E-state index in [1.165, 1.54) is 4.57 Å². The second-order valence-corrected chi connectivity index (χ2v) is 21.4. The van der Waals surface area contributed by atoms with Gasteiger partial charge in [0, 0.05) is 17.0 Å². The van der Waals surface area contributed by atoms with E-state index in [0.717, 1.165) is 0 Å². The summed E-state index contributed by atoms with van der Waals surface area (Å²) >= 11 is 7.27. The van der Waals surface area contributed by atoms with Crippen LogP contribution in [0.3, 0.4) is 0 Å². The first-order valence-electron chi connectivity index (χ1n) is 10.9. The van der Waals surface area contributed by atoms with Crippen LogP contribution in [-0.2, 0) is 30.0 Å². The maximum atomic E-state index is 12.6. The number of aryl methyl sites for hydroxylation is 1. The molecule has 3 rings (SSSR count). The molecule has 0 aromatic carbocycles. The van der Waals surface area contributed by atoms with Gasteiger partial charge >= 0.3 is 5.69 Å². The first kappa shape index (κ1) is 26.3. The summed E-state index contributed by atoms with van der Waals surface area (Å²) in [4.78, 5) is 26.9. The Balaban J connectivity index is 1.88. The lowest BCUT2D eigenvalue weighted by Crippen LogP contribution is -2.50. The van der Waals surface area contributed by atoms with Crippen LogP contribution in [0.15, 0.2) is 15.8 Å². The number of nitrogens with zero attached hydrogens (tertiary/aromatic N) is 1. The minimum absolute atomic E-state index is 0.0288. The van der Waals surface area contributed by atoms with Gasteiger partial charge in [0.05, 0.1) is 31.5 Å². The number of ether oxygens (including phenoxy) is 1. The minimum atomic E-state index is -2.45. The van der Waals surface area contributed by atoms with E-state index in [9.17, 15) is 9.59 Å². The first-order chi connectivity index (χ1) is 14.6. The van der Waals surface area contributed by atoms with E-state index >= 15 is 0 Å². The zero-order valence-corrected chi connectivity index (χ0v) is 23.6. The van der Waals surface area contributed by atoms with Crippen LogP contribution in [0.5, 0.6) is 0 Å². The monoisotopic (exact) mass is 522 g/mol. The second kappa shape index (κ2) is 9.41. The molecule has 32 heavy (non-hydrogen) atoms. The molecule has 6 atom stereocenters. The van der Waals surface area contributed by atoms with Gasteiger partial charge in [-0.2, -0.15) is 0 Å². The zero-order chi connectivity index (χ0) is 24.1. The molecule has 3 unspecified atom stereocenters. The van der Waals surface area contributed by atoms with Gasteiger partial charge in [-0.05, 0) is 43.8 Å². The summed E-state index contributed by atoms with van der Waals surface area (Å²) in [7, 11) is -2.21. The highest BCUT2D eigenvalue weighted by molar-refractivity contribution is 8.68. The predicted molar refractivity (Wildman–Crippen MR) is 135 cm³/mol. The van der Waals surface area contributed by atoms with Gasteiger partial charge in [0.25, 0.3) is 5.56 Å². The fourth-order valence-corrected chi connectivity index (χ4v) is 11.0. The number of hydrogen-bond acceptors (Lipinski definition) is 8. The number of hydrogen-bond donors (Lipinski definition) is 1. The molecular weight excluding hydrogens is 487 g/mol. The summed E-state index contributed by atoms with van der Waals surface area (Å²) in [5.74, 6) is 0. The Morgan fingerprint density at radius 1 is 1.34 bits per heavy atom. The number of H-pyrrole nitrogens is 1. The highest BCUT2D eigenvalue weighted by Crippen LogP contribution is 2.69. The number of aromatic amines is 1. The number of aromatic nitrogens is 2. The van der Waals surface area contributed by atoms with Crippen LogP contribution >= 0.6 is 17.1 Å². The molecule has 1 aromatic heterocycles. The molecule has 8 nitrogen and oxygen atoms in total. The Labute approximate surface area is 199 Å². The van der Waals surface area contributed by atoms with E-state index in [1.54, 1.807) is 24.5 Å². The quantitative estimate of drug-likeness (QED) is 0.444. The molecule has 0 aliphatic carbocycles. The van der Waals surface area contributed by atoms with Crippen molar-refractivity contribution < 1.29 is 18.2 Å². The molecule has 2 aliphatic heterocycles. The summed E-state index contributed by atoms with van der Waals surface area (Å²) in [6.07, 6.45) is 0.817. The van der Waals surface area contributed by atoms with Gasteiger partial charge < -0.3 is 18.2 Å². The van der Waals surface area contributed by atoms with Gasteiger partial charge in [0.2, 0.25) is 5.69 Å². The highest BCUT2D eigenvalue weighted by Gasteiger charge is 2.48. The lowest BCUT2D eigenvalue weighted by Gasteiger charge is -2.40. The predicted octanol–water partition coefficient (Wildman–Crippen LogP) is 3.96. The third kappa shape index (κ3) is 5.51. The molecule has 0 radical (unpaired) electrons. The van der Waals surface area contributed by atoms with Crippen molar-refractivity contribution in [2.24, 2.45) is 0 Å². The SMILES string of the molecule is Cc1cn(C2CO[C@H](COP3(=S)O[C@H](C)[C@H](C)S3)C2O[Si](C)(C)C(C)(C)C)c(=O)[nH]c1=O. The van der Waals surface area contributed by atoms with Crippen molar-refractivity contribution in [1.82, 2.24) is 9.55 Å². The Kier molecular flexibility index (Phi) is 7.75. The van der Waals surface area contributed by atoms with Crippen LogP contribution in [0.2, 0.25) is 18.1 Å². The molecule has 2 fully saturated rings. The Morgan fingerprint density at radius 2 is 2.00 bits per heavy atom. The minimum Gasteiger partial charge on any atom is -0.409 e. The Hall–Kier alpha value is -0.263. The largest absolute Gasteiger partial charge is 0.409 e. The number of rotatable bonds is 6. The highest BCUT2D eigenvalue weighted by atomic mass is 32.9. The third-order valence-corrected chi connectivity index (χ3v) is 16.8. The summed E-state index contributed by atoms with van der Waals surface area (Å²) in [6.45, 7) is 17.1. The molecule has 0 saturated carbocycles. The molecule has 0 bridgehead atoms. The van der Waals surface area contributed by atoms with Gasteiger partial charge in [-0.15, -0.1) is 0 Å². The summed E-state index contributed by atoms with van der Waals surface area (Å²) in [5, 5.41) is 0.249. The standard InChI is InChI=1S/C20H35N2O6PS2Si/c1-12-9-22(19(24)21-18(12)23)15-10-25-16(17(15)28-32(7,8)20(4,5)6)11-26-29(30)27-13(2)14(3)31-29/h9,13-17H,10-11H2,1-8H3,(H,21,23,24)/t13-,14+,15?,16-,17?,29?/m1/s1. The zero-order valence-electron chi connectivity index (χ0n) is 20.0. The molecule has 182 valence electrons. The summed E-state index contributed by atoms with van der Waals surface area (Å²) in [5.41, 5.74) is -2.84. The van der Waals surface area contributed by atoms with Crippen LogP contribution in [-0.4, -0.2) is 54.6 Å². The molecule has 3 heterocycles. The van der Waals surface area contributed by atoms with E-state index in [1.807, 2.05) is 6.92 Å². The summed E-state index contributed by atoms with van der Waals surface area (Å²) in [6, 6.07) is -0.379. The smallest absolute Gasteiger partial charge is 0.328 e. The lowest BCUT2D eigenvalue weighted by molar-refractivity contribution is 0.0131. The average Bonchev–Trinajstić information content (AvgIpc) is 3.15.